The maximum absolute atomic E-state index is 13.2. The molecule has 0 bridgehead atoms. The standard InChI is InChI=1S/C25H32N2O5S/c1-4-26(17-20-6-8-23-24(16-20)32-14-13-31-23)25(28)21-9-11-27(12-10-21)33(29,30)22-7-5-18(2)19(3)15-22/h5-8,15-16,21H,4,9-14,17H2,1-3H3. The van der Waals surface area contributed by atoms with E-state index in [2.05, 4.69) is 0 Å². The zero-order valence-electron chi connectivity index (χ0n) is 19.5. The van der Waals surface area contributed by atoms with Crippen molar-refractivity contribution >= 4 is 15.9 Å². The van der Waals surface area contributed by atoms with Crippen molar-refractivity contribution in [1.82, 2.24) is 9.21 Å². The van der Waals surface area contributed by atoms with Gasteiger partial charge in [-0.05, 0) is 74.6 Å². The second kappa shape index (κ2) is 9.73. The number of fused-ring (bicyclic) bond motifs is 1. The molecule has 1 amide bonds. The van der Waals surface area contributed by atoms with Crippen LogP contribution < -0.4 is 9.47 Å². The lowest BCUT2D eigenvalue weighted by molar-refractivity contribution is -0.137. The minimum atomic E-state index is -3.55. The van der Waals surface area contributed by atoms with E-state index in [0.29, 0.717) is 62.9 Å². The summed E-state index contributed by atoms with van der Waals surface area (Å²) in [6, 6.07) is 11.0. The highest BCUT2D eigenvalue weighted by Gasteiger charge is 2.33. The molecule has 2 aliphatic rings. The summed E-state index contributed by atoms with van der Waals surface area (Å²) < 4.78 is 38.9. The van der Waals surface area contributed by atoms with Crippen LogP contribution in [-0.2, 0) is 21.4 Å². The summed E-state index contributed by atoms with van der Waals surface area (Å²) in [4.78, 5) is 15.4. The van der Waals surface area contributed by atoms with Gasteiger partial charge in [-0.3, -0.25) is 4.79 Å². The number of benzene rings is 2. The van der Waals surface area contributed by atoms with Crippen LogP contribution in [0, 0.1) is 19.8 Å². The zero-order chi connectivity index (χ0) is 23.6. The van der Waals surface area contributed by atoms with Crippen molar-refractivity contribution in [2.45, 2.75) is 45.1 Å². The molecule has 0 aromatic heterocycles. The summed E-state index contributed by atoms with van der Waals surface area (Å²) in [5.41, 5.74) is 3.01. The first-order valence-electron chi connectivity index (χ1n) is 11.5. The molecular weight excluding hydrogens is 440 g/mol. The van der Waals surface area contributed by atoms with Gasteiger partial charge in [-0.1, -0.05) is 12.1 Å². The largest absolute Gasteiger partial charge is 0.486 e. The van der Waals surface area contributed by atoms with E-state index < -0.39 is 10.0 Å². The summed E-state index contributed by atoms with van der Waals surface area (Å²) in [5.74, 6) is 1.35. The number of piperidine rings is 1. The molecule has 178 valence electrons. The van der Waals surface area contributed by atoms with Crippen LogP contribution in [0.4, 0.5) is 0 Å². The Bertz CT molecular complexity index is 1120. The van der Waals surface area contributed by atoms with E-state index >= 15 is 0 Å². The van der Waals surface area contributed by atoms with Crippen LogP contribution in [0.25, 0.3) is 0 Å². The van der Waals surface area contributed by atoms with E-state index in [9.17, 15) is 13.2 Å². The Labute approximate surface area is 196 Å². The molecule has 8 heteroatoms. The number of sulfonamides is 1. The normalized spacial score (nSPS) is 17.1. The highest BCUT2D eigenvalue weighted by Crippen LogP contribution is 2.32. The minimum Gasteiger partial charge on any atom is -0.486 e. The Morgan fingerprint density at radius 3 is 2.36 bits per heavy atom. The van der Waals surface area contributed by atoms with E-state index in [0.717, 1.165) is 22.4 Å². The monoisotopic (exact) mass is 472 g/mol. The van der Waals surface area contributed by atoms with E-state index in [4.69, 9.17) is 9.47 Å². The van der Waals surface area contributed by atoms with Crippen LogP contribution in [0.1, 0.15) is 36.5 Å². The second-order valence-electron chi connectivity index (χ2n) is 8.75. The van der Waals surface area contributed by atoms with Gasteiger partial charge in [-0.25, -0.2) is 8.42 Å². The van der Waals surface area contributed by atoms with Gasteiger partial charge in [0.25, 0.3) is 0 Å². The molecule has 0 unspecified atom stereocenters. The smallest absolute Gasteiger partial charge is 0.243 e. The van der Waals surface area contributed by atoms with Gasteiger partial charge in [0.15, 0.2) is 11.5 Å². The molecule has 2 aromatic carbocycles. The predicted molar refractivity (Wildman–Crippen MR) is 126 cm³/mol. The highest BCUT2D eigenvalue weighted by atomic mass is 32.2. The Hall–Kier alpha value is -2.58. The molecule has 7 nitrogen and oxygen atoms in total. The third-order valence-corrected chi connectivity index (χ3v) is 8.49. The summed E-state index contributed by atoms with van der Waals surface area (Å²) in [7, 11) is -3.55. The summed E-state index contributed by atoms with van der Waals surface area (Å²) in [6.07, 6.45) is 1.06. The molecule has 0 radical (unpaired) electrons. The van der Waals surface area contributed by atoms with Crippen LogP contribution in [0.3, 0.4) is 0 Å². The van der Waals surface area contributed by atoms with Crippen LogP contribution in [0.2, 0.25) is 0 Å². The van der Waals surface area contributed by atoms with Crippen LogP contribution in [0.15, 0.2) is 41.3 Å². The number of nitrogens with zero attached hydrogens (tertiary/aromatic N) is 2. The van der Waals surface area contributed by atoms with Gasteiger partial charge in [0.2, 0.25) is 15.9 Å². The highest BCUT2D eigenvalue weighted by molar-refractivity contribution is 7.89. The third-order valence-electron chi connectivity index (χ3n) is 6.59. The van der Waals surface area contributed by atoms with Gasteiger partial charge in [-0.15, -0.1) is 0 Å². The topological polar surface area (TPSA) is 76.2 Å². The van der Waals surface area contributed by atoms with Gasteiger partial charge < -0.3 is 14.4 Å². The Balaban J connectivity index is 1.39. The molecule has 0 N–H and O–H groups in total. The molecular formula is C25H32N2O5S. The van der Waals surface area contributed by atoms with Crippen molar-refractivity contribution in [3.63, 3.8) is 0 Å². The number of ether oxygens (including phenoxy) is 2. The van der Waals surface area contributed by atoms with E-state index in [-0.39, 0.29) is 11.8 Å². The van der Waals surface area contributed by atoms with Crippen LogP contribution in [0.5, 0.6) is 11.5 Å². The van der Waals surface area contributed by atoms with Crippen LogP contribution in [-0.4, -0.2) is 56.4 Å². The van der Waals surface area contributed by atoms with Gasteiger partial charge in [0, 0.05) is 32.1 Å². The van der Waals surface area contributed by atoms with Crippen molar-refractivity contribution in [3.8, 4) is 11.5 Å². The molecule has 2 aliphatic heterocycles. The molecule has 2 aromatic rings. The van der Waals surface area contributed by atoms with Gasteiger partial charge in [0.1, 0.15) is 13.2 Å². The third kappa shape index (κ3) is 5.01. The number of rotatable bonds is 6. The molecule has 0 saturated carbocycles. The molecule has 2 heterocycles. The molecule has 0 spiro atoms. The SMILES string of the molecule is CCN(Cc1ccc2c(c1)OCCO2)C(=O)C1CCN(S(=O)(=O)c2ccc(C)c(C)c2)CC1. The summed E-state index contributed by atoms with van der Waals surface area (Å²) in [5, 5.41) is 0. The second-order valence-corrected chi connectivity index (χ2v) is 10.7. The maximum atomic E-state index is 13.2. The molecule has 0 aliphatic carbocycles. The lowest BCUT2D eigenvalue weighted by Crippen LogP contribution is -2.44. The van der Waals surface area contributed by atoms with Gasteiger partial charge in [-0.2, -0.15) is 4.31 Å². The number of amides is 1. The summed E-state index contributed by atoms with van der Waals surface area (Å²) in [6.45, 7) is 8.71. The number of hydrogen-bond donors (Lipinski definition) is 0. The first kappa shape index (κ1) is 23.6. The summed E-state index contributed by atoms with van der Waals surface area (Å²) >= 11 is 0. The van der Waals surface area contributed by atoms with Crippen molar-refractivity contribution in [1.29, 1.82) is 0 Å². The number of carbonyl (C=O) groups is 1. The molecule has 33 heavy (non-hydrogen) atoms. The number of aryl methyl sites for hydroxylation is 2. The van der Waals surface area contributed by atoms with Gasteiger partial charge >= 0.3 is 0 Å². The minimum absolute atomic E-state index is 0.0793. The first-order chi connectivity index (χ1) is 15.8. The Morgan fingerprint density at radius 2 is 1.70 bits per heavy atom. The van der Waals surface area contributed by atoms with Crippen LogP contribution >= 0.6 is 0 Å². The molecule has 0 atom stereocenters. The molecule has 4 rings (SSSR count). The van der Waals surface area contributed by atoms with E-state index in [1.54, 1.807) is 12.1 Å². The molecule has 1 fully saturated rings. The quantitative estimate of drug-likeness (QED) is 0.643. The van der Waals surface area contributed by atoms with Crippen molar-refractivity contribution in [2.24, 2.45) is 5.92 Å². The maximum Gasteiger partial charge on any atom is 0.243 e. The fourth-order valence-electron chi connectivity index (χ4n) is 4.38. The fraction of sp³-hybridized carbons (Fsp3) is 0.480. The average Bonchev–Trinajstić information content (AvgIpc) is 2.83. The number of hydrogen-bond acceptors (Lipinski definition) is 5. The number of carbonyl (C=O) groups excluding carboxylic acids is 1. The molecule has 1 saturated heterocycles. The van der Waals surface area contributed by atoms with Gasteiger partial charge in [0.05, 0.1) is 4.90 Å². The van der Waals surface area contributed by atoms with Crippen molar-refractivity contribution in [3.05, 3.63) is 53.1 Å². The average molecular weight is 473 g/mol. The Morgan fingerprint density at radius 1 is 1.00 bits per heavy atom. The van der Waals surface area contributed by atoms with E-state index in [1.165, 1.54) is 4.31 Å². The van der Waals surface area contributed by atoms with E-state index in [1.807, 2.05) is 49.9 Å². The fourth-order valence-corrected chi connectivity index (χ4v) is 5.93. The lowest BCUT2D eigenvalue weighted by Gasteiger charge is -2.33. The lowest BCUT2D eigenvalue weighted by atomic mass is 9.96. The predicted octanol–water partition coefficient (Wildman–Crippen LogP) is 3.52. The van der Waals surface area contributed by atoms with Crippen molar-refractivity contribution in [2.75, 3.05) is 32.8 Å². The Kier molecular flexibility index (Phi) is 6.95. The van der Waals surface area contributed by atoms with Crippen molar-refractivity contribution < 1.29 is 22.7 Å². The zero-order valence-corrected chi connectivity index (χ0v) is 20.4. The first-order valence-corrected chi connectivity index (χ1v) is 13.0.